The minimum atomic E-state index is -0.204. The first-order valence-electron chi connectivity index (χ1n) is 9.16. The Labute approximate surface area is 165 Å². The molecule has 2 aromatic carbocycles. The largest absolute Gasteiger partial charge is 0.351 e. The summed E-state index contributed by atoms with van der Waals surface area (Å²) in [5, 5.41) is 8.32. The Bertz CT molecular complexity index is 791. The number of likely N-dealkylation sites (N-methyl/N-ethyl adjacent to an activating group) is 1. The van der Waals surface area contributed by atoms with Gasteiger partial charge in [-0.15, -0.1) is 0 Å². The van der Waals surface area contributed by atoms with Gasteiger partial charge in [-0.25, -0.2) is 0 Å². The minimum Gasteiger partial charge on any atom is -0.351 e. The first-order chi connectivity index (χ1) is 13.5. The highest BCUT2D eigenvalue weighted by molar-refractivity contribution is 5.93. The van der Waals surface area contributed by atoms with Crippen LogP contribution in [0.5, 0.6) is 0 Å². The van der Waals surface area contributed by atoms with Crippen LogP contribution in [0.25, 0.3) is 0 Å². The van der Waals surface area contributed by atoms with Crippen LogP contribution in [0.2, 0.25) is 0 Å². The average Bonchev–Trinajstić information content (AvgIpc) is 2.67. The second kappa shape index (κ2) is 10.8. The summed E-state index contributed by atoms with van der Waals surface area (Å²) < 4.78 is 0. The van der Waals surface area contributed by atoms with E-state index in [0.29, 0.717) is 24.5 Å². The van der Waals surface area contributed by atoms with E-state index < -0.39 is 0 Å². The van der Waals surface area contributed by atoms with Crippen molar-refractivity contribution in [3.05, 3.63) is 60.2 Å². The third kappa shape index (κ3) is 7.59. The molecule has 3 amide bonds. The van der Waals surface area contributed by atoms with Gasteiger partial charge in [-0.2, -0.15) is 0 Å². The number of carbonyl (C=O) groups is 3. The Morgan fingerprint density at radius 1 is 0.821 bits per heavy atom. The molecular formula is C21H26N4O3. The smallest absolute Gasteiger partial charge is 0.238 e. The fourth-order valence-corrected chi connectivity index (χ4v) is 2.58. The lowest BCUT2D eigenvalue weighted by molar-refractivity contribution is -0.123. The molecule has 0 atom stereocenters. The van der Waals surface area contributed by atoms with Crippen molar-refractivity contribution in [1.29, 1.82) is 0 Å². The zero-order chi connectivity index (χ0) is 20.4. The molecule has 0 heterocycles. The molecule has 0 spiro atoms. The number of amides is 3. The highest BCUT2D eigenvalue weighted by Crippen LogP contribution is 2.13. The number of hydrogen-bond donors (Lipinski definition) is 3. The highest BCUT2D eigenvalue weighted by atomic mass is 16.2. The van der Waals surface area contributed by atoms with Crippen LogP contribution in [0.3, 0.4) is 0 Å². The molecule has 0 saturated heterocycles. The summed E-state index contributed by atoms with van der Waals surface area (Å²) in [6.07, 6.45) is 0. The molecular weight excluding hydrogens is 356 g/mol. The normalized spacial score (nSPS) is 10.4. The molecule has 28 heavy (non-hydrogen) atoms. The molecule has 0 fully saturated rings. The molecule has 0 aliphatic heterocycles. The van der Waals surface area contributed by atoms with Crippen LogP contribution in [0, 0.1) is 0 Å². The van der Waals surface area contributed by atoms with Gasteiger partial charge in [-0.1, -0.05) is 37.3 Å². The van der Waals surface area contributed by atoms with Crippen molar-refractivity contribution >= 4 is 29.1 Å². The highest BCUT2D eigenvalue weighted by Gasteiger charge is 2.13. The van der Waals surface area contributed by atoms with E-state index in [1.807, 2.05) is 37.3 Å². The minimum absolute atomic E-state index is 0.114. The first-order valence-corrected chi connectivity index (χ1v) is 9.16. The molecule has 2 rings (SSSR count). The maximum atomic E-state index is 12.3. The molecule has 148 valence electrons. The predicted octanol–water partition coefficient (Wildman–Crippen LogP) is 2.22. The predicted molar refractivity (Wildman–Crippen MR) is 110 cm³/mol. The van der Waals surface area contributed by atoms with Crippen molar-refractivity contribution < 1.29 is 14.4 Å². The van der Waals surface area contributed by atoms with Gasteiger partial charge in [0.2, 0.25) is 17.7 Å². The summed E-state index contributed by atoms with van der Waals surface area (Å²) in [7, 11) is 0. The number of anilines is 2. The topological polar surface area (TPSA) is 90.5 Å². The van der Waals surface area contributed by atoms with Crippen LogP contribution in [0.15, 0.2) is 54.6 Å². The van der Waals surface area contributed by atoms with E-state index in [2.05, 4.69) is 16.0 Å². The Kier molecular flexibility index (Phi) is 8.17. The number of nitrogens with zero attached hydrogens (tertiary/aromatic N) is 1. The van der Waals surface area contributed by atoms with Gasteiger partial charge < -0.3 is 16.0 Å². The summed E-state index contributed by atoms with van der Waals surface area (Å²) in [5.74, 6) is -0.482. The van der Waals surface area contributed by atoms with Gasteiger partial charge in [0.1, 0.15) is 0 Å². The maximum absolute atomic E-state index is 12.3. The zero-order valence-corrected chi connectivity index (χ0v) is 16.2. The Hall–Kier alpha value is -3.19. The summed E-state index contributed by atoms with van der Waals surface area (Å²) in [4.78, 5) is 37.2. The molecule has 7 heteroatoms. The summed E-state index contributed by atoms with van der Waals surface area (Å²) in [6, 6.07) is 16.5. The summed E-state index contributed by atoms with van der Waals surface area (Å²) in [5.41, 5.74) is 2.32. The molecule has 3 N–H and O–H groups in total. The fraction of sp³-hybridized carbons (Fsp3) is 0.286. The molecule has 7 nitrogen and oxygen atoms in total. The monoisotopic (exact) mass is 382 g/mol. The van der Waals surface area contributed by atoms with Crippen LogP contribution in [-0.2, 0) is 20.9 Å². The van der Waals surface area contributed by atoms with E-state index in [1.54, 1.807) is 29.2 Å². The van der Waals surface area contributed by atoms with Gasteiger partial charge >= 0.3 is 0 Å². The van der Waals surface area contributed by atoms with E-state index in [9.17, 15) is 14.4 Å². The van der Waals surface area contributed by atoms with Crippen molar-refractivity contribution in [2.45, 2.75) is 20.4 Å². The molecule has 0 unspecified atom stereocenters. The number of carbonyl (C=O) groups excluding carboxylic acids is 3. The van der Waals surface area contributed by atoms with Crippen molar-refractivity contribution in [3.63, 3.8) is 0 Å². The number of hydrogen-bond acceptors (Lipinski definition) is 4. The van der Waals surface area contributed by atoms with Gasteiger partial charge in [-0.3, -0.25) is 19.3 Å². The summed E-state index contributed by atoms with van der Waals surface area (Å²) >= 11 is 0. The van der Waals surface area contributed by atoms with Crippen molar-refractivity contribution in [3.8, 4) is 0 Å². The zero-order valence-electron chi connectivity index (χ0n) is 16.2. The lowest BCUT2D eigenvalue weighted by Gasteiger charge is -2.19. The lowest BCUT2D eigenvalue weighted by atomic mass is 10.2. The van der Waals surface area contributed by atoms with Crippen LogP contribution in [0.4, 0.5) is 11.4 Å². The van der Waals surface area contributed by atoms with Gasteiger partial charge in [0, 0.05) is 24.8 Å². The van der Waals surface area contributed by atoms with Crippen LogP contribution in [-0.4, -0.2) is 42.3 Å². The maximum Gasteiger partial charge on any atom is 0.238 e. The second-order valence-corrected chi connectivity index (χ2v) is 6.37. The van der Waals surface area contributed by atoms with E-state index in [0.717, 1.165) is 5.56 Å². The molecule has 2 aromatic rings. The van der Waals surface area contributed by atoms with Gasteiger partial charge in [0.15, 0.2) is 0 Å². The van der Waals surface area contributed by atoms with Crippen molar-refractivity contribution in [2.24, 2.45) is 0 Å². The molecule has 0 aromatic heterocycles. The Morgan fingerprint density at radius 3 is 1.96 bits per heavy atom. The third-order valence-electron chi connectivity index (χ3n) is 4.00. The quantitative estimate of drug-likeness (QED) is 0.620. The number of benzene rings is 2. The van der Waals surface area contributed by atoms with Crippen LogP contribution < -0.4 is 16.0 Å². The average molecular weight is 382 g/mol. The van der Waals surface area contributed by atoms with E-state index in [4.69, 9.17) is 0 Å². The first kappa shape index (κ1) is 21.1. The van der Waals surface area contributed by atoms with E-state index in [-0.39, 0.29) is 30.8 Å². The standard InChI is InChI=1S/C21H26N4O3/c1-3-25(14-20(27)22-13-17-7-5-4-6-8-17)15-21(28)24-19-11-9-18(10-12-19)23-16(2)26/h4-12H,3,13-15H2,1-2H3,(H,22,27)(H,23,26)(H,24,28). The van der Waals surface area contributed by atoms with Gasteiger partial charge in [-0.05, 0) is 36.4 Å². The number of nitrogens with one attached hydrogen (secondary N) is 3. The van der Waals surface area contributed by atoms with E-state index >= 15 is 0 Å². The van der Waals surface area contributed by atoms with Crippen molar-refractivity contribution in [1.82, 2.24) is 10.2 Å². The Balaban J connectivity index is 1.78. The SMILES string of the molecule is CCN(CC(=O)NCc1ccccc1)CC(=O)Nc1ccc(NC(C)=O)cc1. The second-order valence-electron chi connectivity index (χ2n) is 6.37. The lowest BCUT2D eigenvalue weighted by Crippen LogP contribution is -2.40. The molecule has 0 bridgehead atoms. The van der Waals surface area contributed by atoms with Gasteiger partial charge in [0.25, 0.3) is 0 Å². The Morgan fingerprint density at radius 2 is 1.39 bits per heavy atom. The van der Waals surface area contributed by atoms with Gasteiger partial charge in [0.05, 0.1) is 13.1 Å². The molecule has 0 radical (unpaired) electrons. The van der Waals surface area contributed by atoms with Crippen LogP contribution >= 0.6 is 0 Å². The molecule has 0 aliphatic rings. The molecule has 0 aliphatic carbocycles. The summed E-state index contributed by atoms with van der Waals surface area (Å²) in [6.45, 7) is 4.64. The van der Waals surface area contributed by atoms with E-state index in [1.165, 1.54) is 6.92 Å². The third-order valence-corrected chi connectivity index (χ3v) is 4.00. The van der Waals surface area contributed by atoms with Crippen molar-refractivity contribution in [2.75, 3.05) is 30.3 Å². The molecule has 0 saturated carbocycles. The fourth-order valence-electron chi connectivity index (χ4n) is 2.58. The number of rotatable bonds is 9. The van der Waals surface area contributed by atoms with Crippen LogP contribution in [0.1, 0.15) is 19.4 Å².